The van der Waals surface area contributed by atoms with Crippen molar-refractivity contribution in [2.75, 3.05) is 26.2 Å². The zero-order valence-corrected chi connectivity index (χ0v) is 11.6. The quantitative estimate of drug-likeness (QED) is 0.898. The summed E-state index contributed by atoms with van der Waals surface area (Å²) in [7, 11) is 0. The molecule has 0 saturated carbocycles. The number of hydrogen-bond acceptors (Lipinski definition) is 2. The molecule has 2 saturated heterocycles. The van der Waals surface area contributed by atoms with Crippen molar-refractivity contribution in [3.8, 4) is 0 Å². The van der Waals surface area contributed by atoms with E-state index in [1.807, 2.05) is 17.0 Å². The van der Waals surface area contributed by atoms with Crippen LogP contribution < -0.4 is 5.32 Å². The van der Waals surface area contributed by atoms with E-state index >= 15 is 0 Å². The van der Waals surface area contributed by atoms with Gasteiger partial charge in [0.05, 0.1) is 0 Å². The van der Waals surface area contributed by atoms with Gasteiger partial charge < -0.3 is 10.2 Å². The fraction of sp³-hybridized carbons (Fsp3) is 0.562. The van der Waals surface area contributed by atoms with Gasteiger partial charge in [-0.15, -0.1) is 0 Å². The van der Waals surface area contributed by atoms with E-state index in [4.69, 9.17) is 0 Å². The van der Waals surface area contributed by atoms with Crippen molar-refractivity contribution in [1.29, 1.82) is 0 Å². The lowest BCUT2D eigenvalue weighted by molar-refractivity contribution is 0.0781. The van der Waals surface area contributed by atoms with E-state index in [2.05, 4.69) is 24.4 Å². The van der Waals surface area contributed by atoms with E-state index in [1.54, 1.807) is 0 Å². The third kappa shape index (κ3) is 2.52. The van der Waals surface area contributed by atoms with Crippen LogP contribution >= 0.6 is 0 Å². The van der Waals surface area contributed by atoms with Crippen LogP contribution in [0.5, 0.6) is 0 Å². The summed E-state index contributed by atoms with van der Waals surface area (Å²) in [6.45, 7) is 6.17. The first-order valence-corrected chi connectivity index (χ1v) is 7.37. The maximum atomic E-state index is 12.5. The number of nitrogens with one attached hydrogen (secondary N) is 1. The van der Waals surface area contributed by atoms with E-state index in [9.17, 15) is 4.79 Å². The average Bonchev–Trinajstić information content (AvgIpc) is 3.00. The van der Waals surface area contributed by atoms with Crippen molar-refractivity contribution in [3.05, 3.63) is 35.4 Å². The minimum absolute atomic E-state index is 0.206. The van der Waals surface area contributed by atoms with Gasteiger partial charge in [0.2, 0.25) is 0 Å². The molecular weight excluding hydrogens is 236 g/mol. The number of hydrogen-bond donors (Lipinski definition) is 1. The first kappa shape index (κ1) is 12.7. The SMILES string of the molecule is CCCc1ccc(C(=O)N2C[C@H]3CNC[C@H]3C2)cc1. The van der Waals surface area contributed by atoms with E-state index in [-0.39, 0.29) is 5.91 Å². The molecule has 0 bridgehead atoms. The van der Waals surface area contributed by atoms with Gasteiger partial charge in [-0.1, -0.05) is 25.5 Å². The van der Waals surface area contributed by atoms with Crippen molar-refractivity contribution in [2.45, 2.75) is 19.8 Å². The highest BCUT2D eigenvalue weighted by Crippen LogP contribution is 2.27. The number of likely N-dealkylation sites (tertiary alicyclic amines) is 1. The van der Waals surface area contributed by atoms with E-state index in [1.165, 1.54) is 5.56 Å². The summed E-state index contributed by atoms with van der Waals surface area (Å²) in [5.74, 6) is 1.55. The Labute approximate surface area is 115 Å². The molecular formula is C16H22N2O. The number of fused-ring (bicyclic) bond motifs is 1. The Kier molecular flexibility index (Phi) is 3.56. The number of carbonyl (C=O) groups is 1. The molecule has 1 N–H and O–H groups in total. The number of benzene rings is 1. The van der Waals surface area contributed by atoms with Gasteiger partial charge in [0.1, 0.15) is 0 Å². The topological polar surface area (TPSA) is 32.3 Å². The predicted octanol–water partition coefficient (Wildman–Crippen LogP) is 1.93. The minimum atomic E-state index is 0.206. The summed E-state index contributed by atoms with van der Waals surface area (Å²) in [4.78, 5) is 14.5. The normalized spacial score (nSPS) is 25.6. The first-order chi connectivity index (χ1) is 9.28. The lowest BCUT2D eigenvalue weighted by Gasteiger charge is -2.17. The van der Waals surface area contributed by atoms with Crippen molar-refractivity contribution in [2.24, 2.45) is 11.8 Å². The average molecular weight is 258 g/mol. The van der Waals surface area contributed by atoms with Crippen LogP contribution in [0.25, 0.3) is 0 Å². The van der Waals surface area contributed by atoms with Crippen LogP contribution in [-0.4, -0.2) is 37.0 Å². The fourth-order valence-electron chi connectivity index (χ4n) is 3.31. The lowest BCUT2D eigenvalue weighted by atomic mass is 10.0. The molecule has 0 aromatic heterocycles. The highest BCUT2D eigenvalue weighted by Gasteiger charge is 2.38. The van der Waals surface area contributed by atoms with Crippen LogP contribution in [0.2, 0.25) is 0 Å². The molecule has 0 spiro atoms. The Morgan fingerprint density at radius 2 is 1.84 bits per heavy atom. The smallest absolute Gasteiger partial charge is 0.253 e. The van der Waals surface area contributed by atoms with E-state index < -0.39 is 0 Å². The molecule has 19 heavy (non-hydrogen) atoms. The van der Waals surface area contributed by atoms with Crippen LogP contribution in [0.3, 0.4) is 0 Å². The van der Waals surface area contributed by atoms with Gasteiger partial charge in [-0.2, -0.15) is 0 Å². The van der Waals surface area contributed by atoms with Gasteiger partial charge in [0.15, 0.2) is 0 Å². The molecule has 1 amide bonds. The molecule has 2 heterocycles. The maximum Gasteiger partial charge on any atom is 0.253 e. The Morgan fingerprint density at radius 3 is 2.42 bits per heavy atom. The second kappa shape index (κ2) is 5.33. The second-order valence-electron chi connectivity index (χ2n) is 5.84. The number of carbonyl (C=O) groups excluding carboxylic acids is 1. The molecule has 1 aromatic rings. The molecule has 2 aliphatic heterocycles. The lowest BCUT2D eigenvalue weighted by Crippen LogP contribution is -2.31. The van der Waals surface area contributed by atoms with Crippen LogP contribution in [-0.2, 0) is 6.42 Å². The molecule has 3 heteroatoms. The van der Waals surface area contributed by atoms with Crippen molar-refractivity contribution >= 4 is 5.91 Å². The molecule has 2 atom stereocenters. The first-order valence-electron chi connectivity index (χ1n) is 7.37. The summed E-state index contributed by atoms with van der Waals surface area (Å²) in [6.07, 6.45) is 2.24. The maximum absolute atomic E-state index is 12.5. The summed E-state index contributed by atoms with van der Waals surface area (Å²) < 4.78 is 0. The summed E-state index contributed by atoms with van der Waals surface area (Å²) >= 11 is 0. The largest absolute Gasteiger partial charge is 0.338 e. The van der Waals surface area contributed by atoms with Crippen LogP contribution in [0.1, 0.15) is 29.3 Å². The molecule has 0 aliphatic carbocycles. The third-order valence-corrected chi connectivity index (χ3v) is 4.42. The van der Waals surface area contributed by atoms with Gasteiger partial charge in [-0.3, -0.25) is 4.79 Å². The number of aryl methyl sites for hydroxylation is 1. The molecule has 2 fully saturated rings. The Bertz CT molecular complexity index is 442. The van der Waals surface area contributed by atoms with Crippen molar-refractivity contribution in [1.82, 2.24) is 10.2 Å². The Hall–Kier alpha value is -1.35. The third-order valence-electron chi connectivity index (χ3n) is 4.42. The monoisotopic (exact) mass is 258 g/mol. The summed E-state index contributed by atoms with van der Waals surface area (Å²) in [6, 6.07) is 8.16. The predicted molar refractivity (Wildman–Crippen MR) is 76.2 cm³/mol. The van der Waals surface area contributed by atoms with Gasteiger partial charge in [0, 0.05) is 31.7 Å². The summed E-state index contributed by atoms with van der Waals surface area (Å²) in [5, 5.41) is 3.41. The molecule has 2 aliphatic rings. The molecule has 3 rings (SSSR count). The van der Waals surface area contributed by atoms with Crippen LogP contribution in [0, 0.1) is 11.8 Å². The zero-order valence-electron chi connectivity index (χ0n) is 11.6. The molecule has 1 aromatic carbocycles. The van der Waals surface area contributed by atoms with E-state index in [0.29, 0.717) is 11.8 Å². The Morgan fingerprint density at radius 1 is 1.21 bits per heavy atom. The van der Waals surface area contributed by atoms with Crippen LogP contribution in [0.4, 0.5) is 0 Å². The van der Waals surface area contributed by atoms with Crippen molar-refractivity contribution in [3.63, 3.8) is 0 Å². The standard InChI is InChI=1S/C16H22N2O/c1-2-3-12-4-6-13(7-5-12)16(19)18-10-14-8-17-9-15(14)11-18/h4-7,14-15,17H,2-3,8-11H2,1H3/t14-,15+. The number of nitrogens with zero attached hydrogens (tertiary/aromatic N) is 1. The number of amides is 1. The highest BCUT2D eigenvalue weighted by molar-refractivity contribution is 5.94. The van der Waals surface area contributed by atoms with E-state index in [0.717, 1.165) is 44.6 Å². The minimum Gasteiger partial charge on any atom is -0.338 e. The van der Waals surface area contributed by atoms with Gasteiger partial charge >= 0.3 is 0 Å². The Balaban J connectivity index is 1.67. The van der Waals surface area contributed by atoms with Crippen LogP contribution in [0.15, 0.2) is 24.3 Å². The zero-order chi connectivity index (χ0) is 13.2. The molecule has 3 nitrogen and oxygen atoms in total. The second-order valence-corrected chi connectivity index (χ2v) is 5.84. The van der Waals surface area contributed by atoms with Gasteiger partial charge in [-0.25, -0.2) is 0 Å². The highest BCUT2D eigenvalue weighted by atomic mass is 16.2. The fourth-order valence-corrected chi connectivity index (χ4v) is 3.31. The van der Waals surface area contributed by atoms with Gasteiger partial charge in [-0.05, 0) is 36.0 Å². The molecule has 102 valence electrons. The summed E-state index contributed by atoms with van der Waals surface area (Å²) in [5.41, 5.74) is 2.16. The van der Waals surface area contributed by atoms with Gasteiger partial charge in [0.25, 0.3) is 5.91 Å². The molecule has 0 radical (unpaired) electrons. The number of rotatable bonds is 3. The molecule has 0 unspecified atom stereocenters. The van der Waals surface area contributed by atoms with Crippen molar-refractivity contribution < 1.29 is 4.79 Å².